The highest BCUT2D eigenvalue weighted by atomic mass is 35.5. The van der Waals surface area contributed by atoms with Gasteiger partial charge in [-0.3, -0.25) is 19.7 Å². The van der Waals surface area contributed by atoms with E-state index in [0.29, 0.717) is 26.8 Å². The molecule has 2 heterocycles. The molecule has 0 fully saturated rings. The normalized spacial score (nSPS) is 10.9. The van der Waals surface area contributed by atoms with Gasteiger partial charge in [-0.2, -0.15) is 0 Å². The summed E-state index contributed by atoms with van der Waals surface area (Å²) in [4.78, 5) is 14.8. The number of thioether (sulfide) groups is 1. The smallest absolute Gasteiger partial charge is 0.269 e. The Morgan fingerprint density at radius 1 is 1.03 bits per heavy atom. The minimum atomic E-state index is -0.410. The minimum Gasteiger partial charge on any atom is -0.270 e. The van der Waals surface area contributed by atoms with E-state index in [1.54, 1.807) is 36.7 Å². The highest BCUT2D eigenvalue weighted by Crippen LogP contribution is 2.32. The first-order chi connectivity index (χ1) is 14.5. The highest BCUT2D eigenvalue weighted by molar-refractivity contribution is 7.98. The number of hydrogen-bond acceptors (Lipinski definition) is 6. The van der Waals surface area contributed by atoms with Crippen LogP contribution in [0.15, 0.2) is 72.1 Å². The van der Waals surface area contributed by atoms with E-state index < -0.39 is 4.92 Å². The van der Waals surface area contributed by atoms with Crippen LogP contribution in [0.3, 0.4) is 0 Å². The Kier molecular flexibility index (Phi) is 5.98. The summed E-state index contributed by atoms with van der Waals surface area (Å²) in [6, 6.07) is 15.5. The molecular formula is C20H13Cl2N5O2S. The van der Waals surface area contributed by atoms with Crippen LogP contribution in [0.1, 0.15) is 5.56 Å². The fourth-order valence-electron chi connectivity index (χ4n) is 2.81. The first-order valence-corrected chi connectivity index (χ1v) is 10.4. The lowest BCUT2D eigenvalue weighted by Crippen LogP contribution is -2.00. The van der Waals surface area contributed by atoms with Crippen molar-refractivity contribution in [3.63, 3.8) is 0 Å². The molecule has 30 heavy (non-hydrogen) atoms. The predicted molar refractivity (Wildman–Crippen MR) is 117 cm³/mol. The van der Waals surface area contributed by atoms with Crippen LogP contribution in [-0.4, -0.2) is 24.7 Å². The number of nitro groups is 1. The van der Waals surface area contributed by atoms with E-state index in [0.717, 1.165) is 16.8 Å². The van der Waals surface area contributed by atoms with E-state index in [1.807, 2.05) is 28.8 Å². The topological polar surface area (TPSA) is 86.7 Å². The van der Waals surface area contributed by atoms with Crippen molar-refractivity contribution < 1.29 is 4.92 Å². The van der Waals surface area contributed by atoms with Crippen molar-refractivity contribution in [1.82, 2.24) is 19.7 Å². The Morgan fingerprint density at radius 2 is 1.90 bits per heavy atom. The quantitative estimate of drug-likeness (QED) is 0.205. The molecule has 0 bridgehead atoms. The van der Waals surface area contributed by atoms with Crippen molar-refractivity contribution in [2.24, 2.45) is 0 Å². The van der Waals surface area contributed by atoms with Crippen LogP contribution in [0.25, 0.3) is 17.1 Å². The molecule has 0 aliphatic rings. The van der Waals surface area contributed by atoms with Gasteiger partial charge in [0.25, 0.3) is 5.69 Å². The fourth-order valence-corrected chi connectivity index (χ4v) is 4.00. The molecule has 2 aromatic carbocycles. The zero-order valence-electron chi connectivity index (χ0n) is 15.3. The van der Waals surface area contributed by atoms with Crippen LogP contribution in [-0.2, 0) is 5.75 Å². The standard InChI is InChI=1S/C20H13Cl2N5O2S/c21-17-7-6-15(10-18(17)22)26-19(14-4-2-8-23-11-14)24-25-20(26)30-12-13-3-1-5-16(9-13)27(28)29/h1-11H,12H2. The molecule has 4 rings (SSSR count). The van der Waals surface area contributed by atoms with Gasteiger partial charge in [0.2, 0.25) is 0 Å². The second-order valence-corrected chi connectivity index (χ2v) is 7.95. The molecule has 0 spiro atoms. The number of nitro benzene ring substituents is 1. The lowest BCUT2D eigenvalue weighted by Gasteiger charge is -2.11. The number of rotatable bonds is 6. The van der Waals surface area contributed by atoms with Gasteiger partial charge in [0.05, 0.1) is 20.7 Å². The summed E-state index contributed by atoms with van der Waals surface area (Å²) in [7, 11) is 0. The fraction of sp³-hybridized carbons (Fsp3) is 0.0500. The monoisotopic (exact) mass is 457 g/mol. The average molecular weight is 458 g/mol. The van der Waals surface area contributed by atoms with Crippen molar-refractivity contribution in [2.45, 2.75) is 10.9 Å². The van der Waals surface area contributed by atoms with Gasteiger partial charge in [-0.25, -0.2) is 0 Å². The molecule has 0 atom stereocenters. The van der Waals surface area contributed by atoms with E-state index >= 15 is 0 Å². The number of pyridine rings is 1. The molecule has 4 aromatic rings. The number of aromatic nitrogens is 4. The highest BCUT2D eigenvalue weighted by Gasteiger charge is 2.18. The third-order valence-corrected chi connectivity index (χ3v) is 5.94. The third kappa shape index (κ3) is 4.30. The number of nitrogens with zero attached hydrogens (tertiary/aromatic N) is 5. The third-order valence-electron chi connectivity index (χ3n) is 4.20. The van der Waals surface area contributed by atoms with Gasteiger partial charge in [-0.05, 0) is 35.9 Å². The van der Waals surface area contributed by atoms with Crippen LogP contribution >= 0.6 is 35.0 Å². The zero-order valence-corrected chi connectivity index (χ0v) is 17.6. The Bertz CT molecular complexity index is 1220. The summed E-state index contributed by atoms with van der Waals surface area (Å²) in [5.41, 5.74) is 2.39. The Balaban J connectivity index is 1.73. The van der Waals surface area contributed by atoms with Crippen molar-refractivity contribution in [3.8, 4) is 17.1 Å². The van der Waals surface area contributed by atoms with E-state index in [2.05, 4.69) is 15.2 Å². The van der Waals surface area contributed by atoms with E-state index in [9.17, 15) is 10.1 Å². The van der Waals surface area contributed by atoms with Crippen LogP contribution in [0.2, 0.25) is 10.0 Å². The van der Waals surface area contributed by atoms with Gasteiger partial charge < -0.3 is 0 Å². The molecule has 0 saturated heterocycles. The summed E-state index contributed by atoms with van der Waals surface area (Å²) in [6.45, 7) is 0. The van der Waals surface area contributed by atoms with E-state index in [4.69, 9.17) is 23.2 Å². The van der Waals surface area contributed by atoms with Crippen LogP contribution in [0.4, 0.5) is 5.69 Å². The summed E-state index contributed by atoms with van der Waals surface area (Å²) in [5.74, 6) is 1.08. The molecular weight excluding hydrogens is 445 g/mol. The Morgan fingerprint density at radius 3 is 2.63 bits per heavy atom. The van der Waals surface area contributed by atoms with Crippen LogP contribution in [0, 0.1) is 10.1 Å². The van der Waals surface area contributed by atoms with Crippen LogP contribution in [0.5, 0.6) is 0 Å². The molecule has 0 saturated carbocycles. The second-order valence-electron chi connectivity index (χ2n) is 6.20. The molecule has 0 unspecified atom stereocenters. The average Bonchev–Trinajstić information content (AvgIpc) is 3.19. The Hall–Kier alpha value is -2.94. The first kappa shape index (κ1) is 20.3. The van der Waals surface area contributed by atoms with Gasteiger partial charge >= 0.3 is 0 Å². The van der Waals surface area contributed by atoms with Gasteiger partial charge in [0.15, 0.2) is 11.0 Å². The SMILES string of the molecule is O=[N+]([O-])c1cccc(CSc2nnc(-c3cccnc3)n2-c2ccc(Cl)c(Cl)c2)c1. The van der Waals surface area contributed by atoms with Gasteiger partial charge in [0.1, 0.15) is 0 Å². The maximum Gasteiger partial charge on any atom is 0.269 e. The molecule has 0 aliphatic heterocycles. The van der Waals surface area contributed by atoms with Crippen molar-refractivity contribution in [3.05, 3.63) is 92.7 Å². The predicted octanol–water partition coefficient (Wildman–Crippen LogP) is 5.84. The zero-order chi connectivity index (χ0) is 21.1. The summed E-state index contributed by atoms with van der Waals surface area (Å²) in [5, 5.41) is 21.2. The first-order valence-electron chi connectivity index (χ1n) is 8.70. The van der Waals surface area contributed by atoms with Crippen molar-refractivity contribution in [2.75, 3.05) is 0 Å². The molecule has 0 amide bonds. The van der Waals surface area contributed by atoms with Crippen molar-refractivity contribution in [1.29, 1.82) is 0 Å². The molecule has 10 heteroatoms. The molecule has 0 N–H and O–H groups in total. The molecule has 0 aliphatic carbocycles. The maximum absolute atomic E-state index is 11.0. The number of halogens is 2. The number of non-ortho nitro benzene ring substituents is 1. The largest absolute Gasteiger partial charge is 0.270 e. The summed E-state index contributed by atoms with van der Waals surface area (Å²) >= 11 is 13.7. The molecule has 2 aromatic heterocycles. The number of benzene rings is 2. The van der Waals surface area contributed by atoms with Crippen molar-refractivity contribution >= 4 is 40.7 Å². The lowest BCUT2D eigenvalue weighted by molar-refractivity contribution is -0.384. The van der Waals surface area contributed by atoms with E-state index in [1.165, 1.54) is 17.8 Å². The summed E-state index contributed by atoms with van der Waals surface area (Å²) < 4.78 is 1.86. The van der Waals surface area contributed by atoms with Gasteiger partial charge in [-0.1, -0.05) is 47.1 Å². The molecule has 0 radical (unpaired) electrons. The summed E-state index contributed by atoms with van der Waals surface area (Å²) in [6.07, 6.45) is 3.38. The number of hydrogen-bond donors (Lipinski definition) is 0. The van der Waals surface area contributed by atoms with Crippen LogP contribution < -0.4 is 0 Å². The Labute approximate surface area is 185 Å². The maximum atomic E-state index is 11.0. The minimum absolute atomic E-state index is 0.0510. The van der Waals surface area contributed by atoms with E-state index in [-0.39, 0.29) is 5.69 Å². The van der Waals surface area contributed by atoms with Gasteiger partial charge in [0, 0.05) is 35.8 Å². The molecule has 7 nitrogen and oxygen atoms in total. The molecule has 150 valence electrons. The van der Waals surface area contributed by atoms with Gasteiger partial charge in [-0.15, -0.1) is 10.2 Å². The lowest BCUT2D eigenvalue weighted by atomic mass is 10.2. The second kappa shape index (κ2) is 8.83.